The van der Waals surface area contributed by atoms with E-state index in [0.717, 1.165) is 61.2 Å². The van der Waals surface area contributed by atoms with Crippen LogP contribution in [-0.4, -0.2) is 63.8 Å². The monoisotopic (exact) mass is 469 g/mol. The maximum atomic E-state index is 13.5. The molecule has 0 bridgehead atoms. The number of likely N-dealkylation sites (tertiary alicyclic amines) is 1. The zero-order chi connectivity index (χ0) is 24.5. The highest BCUT2D eigenvalue weighted by molar-refractivity contribution is 6.09. The molecule has 0 atom stereocenters. The van der Waals surface area contributed by atoms with E-state index >= 15 is 0 Å². The normalized spacial score (nSPS) is 16.3. The maximum Gasteiger partial charge on any atom is 0.227 e. The molecule has 2 aromatic heterocycles. The number of aromatic nitrogens is 2. The Hall–Kier alpha value is -3.50. The number of Topliss-reactive ketones (excluding diaryl/α,β-unsaturated/α-hetero) is 1. The lowest BCUT2D eigenvalue weighted by molar-refractivity contribution is -0.129. The standard InChI is InChI=1S/C28H31N5O2/c1-19-27(25(34)18-32-13-5-4-6-14-32)28-24(33(19)23-9-7-21(29-2)8-10-23)15-20(17-30-28)16-26(35)31(3)22-11-12-22/h7-10,15,17,22H,4-6,11-14,16,18H2,1,3H3. The predicted octanol–water partition coefficient (Wildman–Crippen LogP) is 4.72. The van der Waals surface area contributed by atoms with E-state index in [1.54, 1.807) is 18.3 Å². The van der Waals surface area contributed by atoms with Gasteiger partial charge in [-0.3, -0.25) is 19.5 Å². The summed E-state index contributed by atoms with van der Waals surface area (Å²) in [7, 11) is 1.87. The quantitative estimate of drug-likeness (QED) is 0.371. The summed E-state index contributed by atoms with van der Waals surface area (Å²) in [6, 6.07) is 9.73. The van der Waals surface area contributed by atoms with Gasteiger partial charge in [0.15, 0.2) is 11.5 Å². The smallest absolute Gasteiger partial charge is 0.227 e. The Morgan fingerprint density at radius 1 is 1.14 bits per heavy atom. The number of benzene rings is 1. The van der Waals surface area contributed by atoms with Gasteiger partial charge in [0.05, 0.1) is 36.1 Å². The van der Waals surface area contributed by atoms with Crippen LogP contribution in [0.3, 0.4) is 0 Å². The Balaban J connectivity index is 1.55. The van der Waals surface area contributed by atoms with Gasteiger partial charge < -0.3 is 9.47 Å². The Labute approximate surface area is 206 Å². The number of ketones is 1. The minimum absolute atomic E-state index is 0.0794. The number of carbonyl (C=O) groups is 2. The van der Waals surface area contributed by atoms with Gasteiger partial charge in [-0.05, 0) is 69.5 Å². The number of hydrogen-bond acceptors (Lipinski definition) is 4. The average Bonchev–Trinajstić information content (AvgIpc) is 3.67. The number of likely N-dealkylation sites (N-methyl/N-ethyl adjacent to an activating group) is 1. The Kier molecular flexibility index (Phi) is 6.40. The molecule has 7 nitrogen and oxygen atoms in total. The van der Waals surface area contributed by atoms with Crippen LogP contribution >= 0.6 is 0 Å². The van der Waals surface area contributed by atoms with Gasteiger partial charge in [0, 0.05) is 30.7 Å². The van der Waals surface area contributed by atoms with Gasteiger partial charge in [-0.15, -0.1) is 0 Å². The summed E-state index contributed by atoms with van der Waals surface area (Å²) in [5.41, 5.74) is 5.25. The molecule has 1 saturated heterocycles. The molecule has 1 aliphatic heterocycles. The molecule has 5 rings (SSSR count). The molecule has 1 saturated carbocycles. The van der Waals surface area contributed by atoms with E-state index in [-0.39, 0.29) is 18.1 Å². The first-order valence-corrected chi connectivity index (χ1v) is 12.5. The lowest BCUT2D eigenvalue weighted by Gasteiger charge is -2.25. The summed E-state index contributed by atoms with van der Waals surface area (Å²) >= 11 is 0. The second kappa shape index (κ2) is 9.63. The van der Waals surface area contributed by atoms with Crippen LogP contribution in [0.2, 0.25) is 0 Å². The number of piperidine rings is 1. The van der Waals surface area contributed by atoms with Gasteiger partial charge in [-0.2, -0.15) is 0 Å². The Bertz CT molecular complexity index is 1310. The van der Waals surface area contributed by atoms with Crippen LogP contribution in [0.1, 0.15) is 53.7 Å². The van der Waals surface area contributed by atoms with Crippen molar-refractivity contribution in [2.24, 2.45) is 0 Å². The first-order chi connectivity index (χ1) is 17.0. The molecule has 2 aliphatic rings. The molecule has 0 N–H and O–H groups in total. The number of amides is 1. The van der Waals surface area contributed by atoms with Gasteiger partial charge >= 0.3 is 0 Å². The van der Waals surface area contributed by atoms with Crippen LogP contribution in [0, 0.1) is 13.5 Å². The number of rotatable bonds is 7. The van der Waals surface area contributed by atoms with Crippen molar-refractivity contribution in [3.8, 4) is 5.69 Å². The van der Waals surface area contributed by atoms with E-state index < -0.39 is 0 Å². The molecular formula is C28H31N5O2. The molecule has 7 heteroatoms. The molecule has 0 unspecified atom stereocenters. The van der Waals surface area contributed by atoms with E-state index in [9.17, 15) is 9.59 Å². The number of fused-ring (bicyclic) bond motifs is 1. The molecule has 1 aliphatic carbocycles. The van der Waals surface area contributed by atoms with Crippen molar-refractivity contribution in [1.82, 2.24) is 19.4 Å². The third-order valence-corrected chi connectivity index (χ3v) is 7.27. The highest BCUT2D eigenvalue weighted by Gasteiger charge is 2.30. The molecule has 0 radical (unpaired) electrons. The highest BCUT2D eigenvalue weighted by Crippen LogP contribution is 2.31. The molecule has 0 spiro atoms. The SMILES string of the molecule is [C-]#[N+]c1ccc(-n2c(C)c(C(=O)CN3CCCCC3)c3ncc(CC(=O)N(C)C4CC4)cc32)cc1. The molecule has 1 amide bonds. The summed E-state index contributed by atoms with van der Waals surface area (Å²) in [5, 5.41) is 0. The minimum Gasteiger partial charge on any atom is -0.342 e. The molecule has 180 valence electrons. The minimum atomic E-state index is 0.0794. The summed E-state index contributed by atoms with van der Waals surface area (Å²) in [6.07, 6.45) is 7.66. The lowest BCUT2D eigenvalue weighted by Crippen LogP contribution is -2.34. The average molecular weight is 470 g/mol. The zero-order valence-corrected chi connectivity index (χ0v) is 20.5. The number of carbonyl (C=O) groups excluding carboxylic acids is 2. The predicted molar refractivity (Wildman–Crippen MR) is 136 cm³/mol. The van der Waals surface area contributed by atoms with Crippen molar-refractivity contribution < 1.29 is 9.59 Å². The van der Waals surface area contributed by atoms with E-state index in [4.69, 9.17) is 11.6 Å². The summed E-state index contributed by atoms with van der Waals surface area (Å²) < 4.78 is 2.04. The first kappa shape index (κ1) is 23.3. The molecule has 35 heavy (non-hydrogen) atoms. The molecule has 3 aromatic rings. The van der Waals surface area contributed by atoms with E-state index in [2.05, 4.69) is 9.74 Å². The van der Waals surface area contributed by atoms with Gasteiger partial charge in [0.2, 0.25) is 5.91 Å². The van der Waals surface area contributed by atoms with Crippen LogP contribution < -0.4 is 0 Å². The third-order valence-electron chi connectivity index (χ3n) is 7.27. The van der Waals surface area contributed by atoms with Crippen molar-refractivity contribution in [1.29, 1.82) is 0 Å². The Morgan fingerprint density at radius 3 is 2.51 bits per heavy atom. The van der Waals surface area contributed by atoms with Gasteiger partial charge in [-0.25, -0.2) is 4.85 Å². The van der Waals surface area contributed by atoms with Crippen LogP contribution in [-0.2, 0) is 11.2 Å². The number of hydrogen-bond donors (Lipinski definition) is 0. The highest BCUT2D eigenvalue weighted by atomic mass is 16.2. The molecule has 2 fully saturated rings. The summed E-state index contributed by atoms with van der Waals surface area (Å²) in [5.74, 6) is 0.169. The molecule has 3 heterocycles. The molecule has 1 aromatic carbocycles. The lowest BCUT2D eigenvalue weighted by atomic mass is 10.1. The number of nitrogens with zero attached hydrogens (tertiary/aromatic N) is 5. The van der Waals surface area contributed by atoms with E-state index in [1.165, 1.54) is 6.42 Å². The third kappa shape index (κ3) is 4.71. The van der Waals surface area contributed by atoms with Crippen molar-refractivity contribution in [3.05, 3.63) is 64.8 Å². The van der Waals surface area contributed by atoms with Crippen LogP contribution in [0.25, 0.3) is 21.6 Å². The van der Waals surface area contributed by atoms with Gasteiger partial charge in [-0.1, -0.05) is 18.6 Å². The van der Waals surface area contributed by atoms with Crippen molar-refractivity contribution in [2.75, 3.05) is 26.7 Å². The van der Waals surface area contributed by atoms with Crippen molar-refractivity contribution >= 4 is 28.4 Å². The fraction of sp³-hybridized carbons (Fsp3) is 0.429. The number of pyridine rings is 1. The van der Waals surface area contributed by atoms with Crippen LogP contribution in [0.4, 0.5) is 5.69 Å². The summed E-state index contributed by atoms with van der Waals surface area (Å²) in [6.45, 7) is 11.5. The van der Waals surface area contributed by atoms with Gasteiger partial charge in [0.25, 0.3) is 0 Å². The molecular weight excluding hydrogens is 438 g/mol. The largest absolute Gasteiger partial charge is 0.342 e. The van der Waals surface area contributed by atoms with Crippen LogP contribution in [0.5, 0.6) is 0 Å². The fourth-order valence-corrected chi connectivity index (χ4v) is 5.13. The first-order valence-electron chi connectivity index (χ1n) is 12.5. The summed E-state index contributed by atoms with van der Waals surface area (Å²) in [4.78, 5) is 38.6. The van der Waals surface area contributed by atoms with E-state index in [0.29, 0.717) is 29.4 Å². The maximum absolute atomic E-state index is 13.5. The zero-order valence-electron chi connectivity index (χ0n) is 20.5. The van der Waals surface area contributed by atoms with Crippen LogP contribution in [0.15, 0.2) is 36.5 Å². The fourth-order valence-electron chi connectivity index (χ4n) is 5.13. The Morgan fingerprint density at radius 2 is 1.86 bits per heavy atom. The second-order valence-electron chi connectivity index (χ2n) is 9.81. The second-order valence-corrected chi connectivity index (χ2v) is 9.81. The van der Waals surface area contributed by atoms with Gasteiger partial charge in [0.1, 0.15) is 0 Å². The van der Waals surface area contributed by atoms with E-state index in [1.807, 2.05) is 41.6 Å². The van der Waals surface area contributed by atoms with Crippen molar-refractivity contribution in [3.63, 3.8) is 0 Å². The topological polar surface area (TPSA) is 62.8 Å². The van der Waals surface area contributed by atoms with Crippen molar-refractivity contribution in [2.45, 2.75) is 51.5 Å².